The molecule has 0 spiro atoms. The second kappa shape index (κ2) is 7.28. The molecule has 2 nitrogen and oxygen atoms in total. The van der Waals surface area contributed by atoms with Gasteiger partial charge in [-0.05, 0) is 50.4 Å². The summed E-state index contributed by atoms with van der Waals surface area (Å²) in [5, 5.41) is 10.5. The van der Waals surface area contributed by atoms with Crippen molar-refractivity contribution in [2.75, 3.05) is 6.54 Å². The molecule has 0 radical (unpaired) electrons. The summed E-state index contributed by atoms with van der Waals surface area (Å²) >= 11 is 5.93. The normalized spacial score (nSPS) is 23.0. The summed E-state index contributed by atoms with van der Waals surface area (Å²) < 4.78 is 0. The number of rotatable bonds is 4. The zero-order chi connectivity index (χ0) is 13.7. The third kappa shape index (κ3) is 4.79. The van der Waals surface area contributed by atoms with E-state index in [2.05, 4.69) is 17.0 Å². The molecular formula is C16H24ClNO. The molecule has 2 rings (SSSR count). The van der Waals surface area contributed by atoms with Crippen molar-refractivity contribution < 1.29 is 5.11 Å². The van der Waals surface area contributed by atoms with E-state index in [1.807, 2.05) is 19.1 Å². The summed E-state index contributed by atoms with van der Waals surface area (Å²) in [7, 11) is 0. The molecule has 1 N–H and O–H groups in total. The highest BCUT2D eigenvalue weighted by Gasteiger charge is 2.22. The lowest BCUT2D eigenvalue weighted by molar-refractivity contribution is 0.108. The number of nitrogens with zero attached hydrogens (tertiary/aromatic N) is 1. The average molecular weight is 282 g/mol. The van der Waals surface area contributed by atoms with Crippen molar-refractivity contribution in [3.8, 4) is 0 Å². The van der Waals surface area contributed by atoms with Gasteiger partial charge in [-0.2, -0.15) is 0 Å². The first-order chi connectivity index (χ1) is 9.15. The molecule has 1 heterocycles. The van der Waals surface area contributed by atoms with Gasteiger partial charge in [0.1, 0.15) is 0 Å². The van der Waals surface area contributed by atoms with E-state index in [1.54, 1.807) is 0 Å². The molecule has 3 heteroatoms. The lowest BCUT2D eigenvalue weighted by Crippen LogP contribution is -2.36. The Morgan fingerprint density at radius 1 is 1.26 bits per heavy atom. The van der Waals surface area contributed by atoms with Gasteiger partial charge in [-0.1, -0.05) is 36.6 Å². The fourth-order valence-corrected chi connectivity index (χ4v) is 3.06. The molecular weight excluding hydrogens is 258 g/mol. The Labute approximate surface area is 121 Å². The number of aliphatic hydroxyl groups is 1. The molecule has 1 aromatic rings. The molecule has 1 fully saturated rings. The third-order valence-corrected chi connectivity index (χ3v) is 4.16. The van der Waals surface area contributed by atoms with E-state index in [4.69, 9.17) is 11.6 Å². The van der Waals surface area contributed by atoms with Gasteiger partial charge in [-0.25, -0.2) is 0 Å². The standard InChI is InChI=1S/C16H24ClNO/c1-13(19)11-16-5-3-2-4-10-18(16)12-14-6-8-15(17)9-7-14/h6-9,13,16,19H,2-5,10-12H2,1H3. The maximum Gasteiger partial charge on any atom is 0.0527 e. The average Bonchev–Trinajstić information content (AvgIpc) is 2.58. The fourth-order valence-electron chi connectivity index (χ4n) is 2.93. The van der Waals surface area contributed by atoms with Crippen LogP contribution >= 0.6 is 11.6 Å². The Hall–Kier alpha value is -0.570. The van der Waals surface area contributed by atoms with E-state index in [-0.39, 0.29) is 6.10 Å². The summed E-state index contributed by atoms with van der Waals surface area (Å²) in [6, 6.07) is 8.63. The van der Waals surface area contributed by atoms with Crippen LogP contribution in [0.2, 0.25) is 5.02 Å². The van der Waals surface area contributed by atoms with Crippen molar-refractivity contribution >= 4 is 11.6 Å². The van der Waals surface area contributed by atoms with Gasteiger partial charge >= 0.3 is 0 Å². The quantitative estimate of drug-likeness (QED) is 0.906. The van der Waals surface area contributed by atoms with Crippen LogP contribution in [0.25, 0.3) is 0 Å². The lowest BCUT2D eigenvalue weighted by Gasteiger charge is -2.31. The Morgan fingerprint density at radius 3 is 2.68 bits per heavy atom. The highest BCUT2D eigenvalue weighted by molar-refractivity contribution is 6.30. The van der Waals surface area contributed by atoms with Crippen LogP contribution in [0.5, 0.6) is 0 Å². The highest BCUT2D eigenvalue weighted by Crippen LogP contribution is 2.23. The molecule has 1 aliphatic heterocycles. The SMILES string of the molecule is CC(O)CC1CCCCCN1Cc1ccc(Cl)cc1. The summed E-state index contributed by atoms with van der Waals surface area (Å²) in [4.78, 5) is 2.53. The molecule has 0 amide bonds. The summed E-state index contributed by atoms with van der Waals surface area (Å²) in [5.41, 5.74) is 1.31. The third-order valence-electron chi connectivity index (χ3n) is 3.91. The Morgan fingerprint density at radius 2 is 2.00 bits per heavy atom. The predicted octanol–water partition coefficient (Wildman–Crippen LogP) is 3.86. The van der Waals surface area contributed by atoms with Crippen molar-refractivity contribution in [3.05, 3.63) is 34.9 Å². The number of hydrogen-bond acceptors (Lipinski definition) is 2. The minimum absolute atomic E-state index is 0.212. The number of halogens is 1. The smallest absolute Gasteiger partial charge is 0.0527 e. The van der Waals surface area contributed by atoms with Gasteiger partial charge in [0.2, 0.25) is 0 Å². The molecule has 2 atom stereocenters. The molecule has 0 aliphatic carbocycles. The maximum absolute atomic E-state index is 9.67. The number of hydrogen-bond donors (Lipinski definition) is 1. The zero-order valence-electron chi connectivity index (χ0n) is 11.7. The van der Waals surface area contributed by atoms with E-state index in [1.165, 1.54) is 31.2 Å². The van der Waals surface area contributed by atoms with Crippen molar-refractivity contribution in [1.82, 2.24) is 4.90 Å². The summed E-state index contributed by atoms with van der Waals surface area (Å²) in [5.74, 6) is 0. The van der Waals surface area contributed by atoms with Crippen molar-refractivity contribution in [2.24, 2.45) is 0 Å². The second-order valence-corrected chi connectivity index (χ2v) is 6.12. The molecule has 19 heavy (non-hydrogen) atoms. The topological polar surface area (TPSA) is 23.5 Å². The van der Waals surface area contributed by atoms with Crippen LogP contribution in [0.3, 0.4) is 0 Å². The first-order valence-electron chi connectivity index (χ1n) is 7.31. The van der Waals surface area contributed by atoms with E-state index in [9.17, 15) is 5.11 Å². The highest BCUT2D eigenvalue weighted by atomic mass is 35.5. The molecule has 0 aromatic heterocycles. The summed E-state index contributed by atoms with van der Waals surface area (Å²) in [6.07, 6.45) is 5.74. The van der Waals surface area contributed by atoms with Gasteiger partial charge in [-0.15, -0.1) is 0 Å². The first-order valence-corrected chi connectivity index (χ1v) is 7.69. The van der Waals surface area contributed by atoms with Gasteiger partial charge in [-0.3, -0.25) is 4.90 Å². The van der Waals surface area contributed by atoms with Crippen LogP contribution in [0.4, 0.5) is 0 Å². The van der Waals surface area contributed by atoms with Crippen LogP contribution in [0.1, 0.15) is 44.6 Å². The number of benzene rings is 1. The summed E-state index contributed by atoms with van der Waals surface area (Å²) in [6.45, 7) is 4.00. The molecule has 1 aromatic carbocycles. The van der Waals surface area contributed by atoms with E-state index in [0.717, 1.165) is 24.5 Å². The largest absolute Gasteiger partial charge is 0.393 e. The molecule has 0 bridgehead atoms. The minimum Gasteiger partial charge on any atom is -0.393 e. The minimum atomic E-state index is -0.212. The molecule has 1 aliphatic rings. The number of aliphatic hydroxyl groups excluding tert-OH is 1. The lowest BCUT2D eigenvalue weighted by atomic mass is 10.0. The molecule has 1 saturated heterocycles. The van der Waals surface area contributed by atoms with E-state index in [0.29, 0.717) is 6.04 Å². The van der Waals surface area contributed by atoms with Crippen molar-refractivity contribution in [3.63, 3.8) is 0 Å². The van der Waals surface area contributed by atoms with E-state index >= 15 is 0 Å². The van der Waals surface area contributed by atoms with Crippen LogP contribution in [-0.2, 0) is 6.54 Å². The zero-order valence-corrected chi connectivity index (χ0v) is 12.4. The fraction of sp³-hybridized carbons (Fsp3) is 0.625. The van der Waals surface area contributed by atoms with Gasteiger partial charge in [0.15, 0.2) is 0 Å². The maximum atomic E-state index is 9.67. The van der Waals surface area contributed by atoms with Crippen LogP contribution in [-0.4, -0.2) is 28.7 Å². The van der Waals surface area contributed by atoms with Crippen molar-refractivity contribution in [2.45, 2.75) is 57.7 Å². The monoisotopic (exact) mass is 281 g/mol. The van der Waals surface area contributed by atoms with Gasteiger partial charge in [0, 0.05) is 17.6 Å². The molecule has 2 unspecified atom stereocenters. The van der Waals surface area contributed by atoms with Crippen LogP contribution in [0, 0.1) is 0 Å². The van der Waals surface area contributed by atoms with Gasteiger partial charge in [0.25, 0.3) is 0 Å². The van der Waals surface area contributed by atoms with Crippen LogP contribution in [0.15, 0.2) is 24.3 Å². The van der Waals surface area contributed by atoms with Gasteiger partial charge in [0.05, 0.1) is 6.10 Å². The first kappa shape index (κ1) is 14.8. The van der Waals surface area contributed by atoms with E-state index < -0.39 is 0 Å². The number of likely N-dealkylation sites (tertiary alicyclic amines) is 1. The second-order valence-electron chi connectivity index (χ2n) is 5.68. The predicted molar refractivity (Wildman–Crippen MR) is 80.4 cm³/mol. The van der Waals surface area contributed by atoms with Crippen molar-refractivity contribution in [1.29, 1.82) is 0 Å². The molecule has 0 saturated carbocycles. The molecule has 106 valence electrons. The Bertz CT molecular complexity index is 377. The van der Waals surface area contributed by atoms with Crippen LogP contribution < -0.4 is 0 Å². The Balaban J connectivity index is 2.02. The Kier molecular flexibility index (Phi) is 5.68. The van der Waals surface area contributed by atoms with Gasteiger partial charge < -0.3 is 5.11 Å².